The van der Waals surface area contributed by atoms with E-state index in [-0.39, 0.29) is 11.2 Å². The van der Waals surface area contributed by atoms with E-state index in [1.807, 2.05) is 20.8 Å². The van der Waals surface area contributed by atoms with Gasteiger partial charge in [-0.05, 0) is 38.5 Å². The average Bonchev–Trinajstić information content (AvgIpc) is 2.37. The summed E-state index contributed by atoms with van der Waals surface area (Å²) >= 11 is 0. The van der Waals surface area contributed by atoms with Crippen LogP contribution in [0.5, 0.6) is 0 Å². The lowest BCUT2D eigenvalue weighted by Crippen LogP contribution is -2.37. The van der Waals surface area contributed by atoms with Crippen LogP contribution in [-0.2, 0) is 16.0 Å². The monoisotopic (exact) mass is 283 g/mol. The van der Waals surface area contributed by atoms with Gasteiger partial charge in [0.2, 0.25) is 0 Å². The molecule has 0 aliphatic carbocycles. The minimum Gasteiger partial charge on any atom is -0.465 e. The summed E-state index contributed by atoms with van der Waals surface area (Å²) in [7, 11) is 1.23. The van der Waals surface area contributed by atoms with Crippen molar-refractivity contribution in [2.75, 3.05) is 20.3 Å². The molecular formula is C15H22FNO3. The third-order valence-corrected chi connectivity index (χ3v) is 2.85. The molecule has 0 atom stereocenters. The van der Waals surface area contributed by atoms with Crippen LogP contribution in [0.15, 0.2) is 18.2 Å². The quantitative estimate of drug-likeness (QED) is 0.781. The van der Waals surface area contributed by atoms with Gasteiger partial charge in [-0.1, -0.05) is 6.07 Å². The normalized spacial score (nSPS) is 11.4. The van der Waals surface area contributed by atoms with E-state index in [4.69, 9.17) is 4.74 Å². The number of nitrogens with one attached hydrogen (secondary N) is 1. The zero-order valence-electron chi connectivity index (χ0n) is 12.5. The summed E-state index contributed by atoms with van der Waals surface area (Å²) in [5.74, 6) is -1.24. The van der Waals surface area contributed by atoms with Gasteiger partial charge >= 0.3 is 5.97 Å². The van der Waals surface area contributed by atoms with E-state index < -0.39 is 11.8 Å². The summed E-state index contributed by atoms with van der Waals surface area (Å²) < 4.78 is 23.8. The second kappa shape index (κ2) is 7.36. The van der Waals surface area contributed by atoms with Gasteiger partial charge in [0.1, 0.15) is 5.82 Å². The molecule has 0 fully saturated rings. The highest BCUT2D eigenvalue weighted by Gasteiger charge is 2.17. The van der Waals surface area contributed by atoms with Crippen LogP contribution >= 0.6 is 0 Å². The summed E-state index contributed by atoms with van der Waals surface area (Å²) in [6.45, 7) is 7.74. The minimum absolute atomic E-state index is 0.0501. The largest absolute Gasteiger partial charge is 0.465 e. The van der Waals surface area contributed by atoms with Gasteiger partial charge in [0.05, 0.1) is 18.3 Å². The van der Waals surface area contributed by atoms with Gasteiger partial charge in [0.15, 0.2) is 0 Å². The van der Waals surface area contributed by atoms with Crippen molar-refractivity contribution in [3.8, 4) is 0 Å². The molecule has 0 heterocycles. The number of halogens is 1. The van der Waals surface area contributed by atoms with Gasteiger partial charge < -0.3 is 14.8 Å². The average molecular weight is 283 g/mol. The molecule has 0 aliphatic rings. The van der Waals surface area contributed by atoms with E-state index in [2.05, 4.69) is 10.1 Å². The molecule has 112 valence electrons. The second-order valence-corrected chi connectivity index (χ2v) is 5.10. The van der Waals surface area contributed by atoms with Crippen LogP contribution in [0.1, 0.15) is 36.7 Å². The number of hydrogen-bond acceptors (Lipinski definition) is 4. The standard InChI is InChI=1S/C15H22FNO3/c1-5-20-15(2,3)10-17-9-11-6-7-12(13(16)8-11)14(18)19-4/h6-8,17H,5,9-10H2,1-4H3. The Morgan fingerprint density at radius 3 is 2.65 bits per heavy atom. The molecule has 4 nitrogen and oxygen atoms in total. The van der Waals surface area contributed by atoms with Gasteiger partial charge in [0.25, 0.3) is 0 Å². The van der Waals surface area contributed by atoms with Crippen LogP contribution in [0, 0.1) is 5.82 Å². The van der Waals surface area contributed by atoms with Crippen LogP contribution < -0.4 is 5.32 Å². The number of benzene rings is 1. The maximum absolute atomic E-state index is 13.7. The van der Waals surface area contributed by atoms with Crippen molar-refractivity contribution in [3.63, 3.8) is 0 Å². The molecule has 0 saturated carbocycles. The van der Waals surface area contributed by atoms with E-state index in [0.717, 1.165) is 5.56 Å². The Kier molecular flexibility index (Phi) is 6.10. The van der Waals surface area contributed by atoms with E-state index in [1.165, 1.54) is 19.2 Å². The Labute approximate surface area is 119 Å². The molecule has 5 heteroatoms. The Balaban J connectivity index is 2.58. The third kappa shape index (κ3) is 4.90. The summed E-state index contributed by atoms with van der Waals surface area (Å²) in [6.07, 6.45) is 0. The molecule has 1 rings (SSSR count). The SMILES string of the molecule is CCOC(C)(C)CNCc1ccc(C(=O)OC)c(F)c1. The molecular weight excluding hydrogens is 261 g/mol. The molecule has 0 aromatic heterocycles. The Bertz CT molecular complexity index is 460. The van der Waals surface area contributed by atoms with Gasteiger partial charge in [0, 0.05) is 19.7 Å². The fourth-order valence-electron chi connectivity index (χ4n) is 1.89. The molecule has 0 amide bonds. The molecule has 0 saturated heterocycles. The van der Waals surface area contributed by atoms with Crippen molar-refractivity contribution in [3.05, 3.63) is 35.1 Å². The van der Waals surface area contributed by atoms with E-state index in [0.29, 0.717) is 19.7 Å². The van der Waals surface area contributed by atoms with Gasteiger partial charge in [-0.15, -0.1) is 0 Å². The van der Waals surface area contributed by atoms with Gasteiger partial charge in [-0.25, -0.2) is 9.18 Å². The lowest BCUT2D eigenvalue weighted by atomic mass is 10.1. The summed E-state index contributed by atoms with van der Waals surface area (Å²) in [6, 6.07) is 4.48. The number of esters is 1. The Hall–Kier alpha value is -1.46. The fraction of sp³-hybridized carbons (Fsp3) is 0.533. The molecule has 0 unspecified atom stereocenters. The highest BCUT2D eigenvalue weighted by molar-refractivity contribution is 5.89. The first-order valence-corrected chi connectivity index (χ1v) is 6.61. The molecule has 1 aromatic carbocycles. The third-order valence-electron chi connectivity index (χ3n) is 2.85. The zero-order chi connectivity index (χ0) is 15.2. The van der Waals surface area contributed by atoms with Crippen molar-refractivity contribution in [1.29, 1.82) is 0 Å². The maximum Gasteiger partial charge on any atom is 0.340 e. The summed E-state index contributed by atoms with van der Waals surface area (Å²) in [5, 5.41) is 3.21. The van der Waals surface area contributed by atoms with Crippen molar-refractivity contribution in [2.45, 2.75) is 32.9 Å². The van der Waals surface area contributed by atoms with E-state index in [9.17, 15) is 9.18 Å². The molecule has 0 spiro atoms. The summed E-state index contributed by atoms with van der Waals surface area (Å²) in [5.41, 5.74) is 0.451. The number of carbonyl (C=O) groups is 1. The van der Waals surface area contributed by atoms with Crippen molar-refractivity contribution in [2.24, 2.45) is 0 Å². The highest BCUT2D eigenvalue weighted by atomic mass is 19.1. The number of carbonyl (C=O) groups excluding carboxylic acids is 1. The predicted octanol–water partition coefficient (Wildman–Crippen LogP) is 2.52. The highest BCUT2D eigenvalue weighted by Crippen LogP contribution is 2.12. The van der Waals surface area contributed by atoms with E-state index >= 15 is 0 Å². The molecule has 20 heavy (non-hydrogen) atoms. The molecule has 1 aromatic rings. The van der Waals surface area contributed by atoms with Gasteiger partial charge in [-0.3, -0.25) is 0 Å². The van der Waals surface area contributed by atoms with Crippen molar-refractivity contribution in [1.82, 2.24) is 5.32 Å². The number of rotatable bonds is 7. The smallest absolute Gasteiger partial charge is 0.340 e. The van der Waals surface area contributed by atoms with Crippen molar-refractivity contribution < 1.29 is 18.7 Å². The van der Waals surface area contributed by atoms with Crippen LogP contribution in [0.4, 0.5) is 4.39 Å². The first kappa shape index (κ1) is 16.6. The zero-order valence-corrected chi connectivity index (χ0v) is 12.5. The van der Waals surface area contributed by atoms with Crippen LogP contribution in [0.2, 0.25) is 0 Å². The molecule has 0 aliphatic heterocycles. The lowest BCUT2D eigenvalue weighted by molar-refractivity contribution is -0.00897. The Morgan fingerprint density at radius 2 is 2.10 bits per heavy atom. The van der Waals surface area contributed by atoms with E-state index in [1.54, 1.807) is 6.07 Å². The maximum atomic E-state index is 13.7. The molecule has 0 bridgehead atoms. The first-order chi connectivity index (χ1) is 9.39. The van der Waals surface area contributed by atoms with Crippen LogP contribution in [0.3, 0.4) is 0 Å². The number of methoxy groups -OCH3 is 1. The number of ether oxygens (including phenoxy) is 2. The Morgan fingerprint density at radius 1 is 1.40 bits per heavy atom. The van der Waals surface area contributed by atoms with Crippen molar-refractivity contribution >= 4 is 5.97 Å². The molecule has 0 radical (unpaired) electrons. The topological polar surface area (TPSA) is 47.6 Å². The minimum atomic E-state index is -0.667. The summed E-state index contributed by atoms with van der Waals surface area (Å²) in [4.78, 5) is 11.3. The first-order valence-electron chi connectivity index (χ1n) is 6.61. The van der Waals surface area contributed by atoms with Crippen LogP contribution in [0.25, 0.3) is 0 Å². The lowest BCUT2D eigenvalue weighted by Gasteiger charge is -2.25. The molecule has 1 N–H and O–H groups in total. The fourth-order valence-corrected chi connectivity index (χ4v) is 1.89. The number of hydrogen-bond donors (Lipinski definition) is 1. The van der Waals surface area contributed by atoms with Gasteiger partial charge in [-0.2, -0.15) is 0 Å². The predicted molar refractivity (Wildman–Crippen MR) is 75.2 cm³/mol. The second-order valence-electron chi connectivity index (χ2n) is 5.10. The van der Waals surface area contributed by atoms with Crippen LogP contribution in [-0.4, -0.2) is 31.8 Å².